The largest absolute Gasteiger partial charge is 0.481 e. The lowest BCUT2D eigenvalue weighted by Gasteiger charge is -2.18. The van der Waals surface area contributed by atoms with E-state index in [1.165, 1.54) is 11.3 Å². The lowest BCUT2D eigenvalue weighted by Crippen LogP contribution is -2.27. The Morgan fingerprint density at radius 1 is 1.53 bits per heavy atom. The van der Waals surface area contributed by atoms with Crippen LogP contribution in [0.4, 0.5) is 9.93 Å². The Balaban J connectivity index is 1.92. The minimum Gasteiger partial charge on any atom is -0.481 e. The quantitative estimate of drug-likeness (QED) is 0.890. The number of carboxylic acids is 1. The zero-order valence-electron chi connectivity index (χ0n) is 11.0. The first-order valence-corrected chi connectivity index (χ1v) is 6.82. The number of rotatable bonds is 3. The van der Waals surface area contributed by atoms with Gasteiger partial charge in [-0.05, 0) is 27.2 Å². The molecule has 7 heteroatoms. The van der Waals surface area contributed by atoms with Crippen LogP contribution in [0.15, 0.2) is 5.38 Å². The molecular formula is C12H16N2O4S. The van der Waals surface area contributed by atoms with Crippen molar-refractivity contribution < 1.29 is 19.4 Å². The lowest BCUT2D eigenvalue weighted by molar-refractivity contribution is -0.138. The van der Waals surface area contributed by atoms with Crippen molar-refractivity contribution in [3.63, 3.8) is 0 Å². The number of carboxylic acid groups (broad SMARTS) is 1. The summed E-state index contributed by atoms with van der Waals surface area (Å²) in [5, 5.41) is 13.6. The highest BCUT2D eigenvalue weighted by atomic mass is 32.1. The number of aliphatic carboxylic acids is 1. The van der Waals surface area contributed by atoms with Gasteiger partial charge in [-0.1, -0.05) is 0 Å². The van der Waals surface area contributed by atoms with Crippen LogP contribution < -0.4 is 5.32 Å². The van der Waals surface area contributed by atoms with Gasteiger partial charge in [0.2, 0.25) is 0 Å². The standard InChI is InChI=1S/C12H16N2O4S/c1-12(2,3)18-11(17)14-10-13-8(5-19-10)6-4-7(6)9(15)16/h5-7H,4H2,1-3H3,(H,15,16)(H,13,14,17)/t6-,7+/m1/s1. The van der Waals surface area contributed by atoms with Crippen molar-refractivity contribution in [3.8, 4) is 0 Å². The van der Waals surface area contributed by atoms with Crippen LogP contribution in [0.25, 0.3) is 0 Å². The number of nitrogens with zero attached hydrogens (tertiary/aromatic N) is 1. The molecule has 1 aliphatic carbocycles. The van der Waals surface area contributed by atoms with Gasteiger partial charge in [-0.2, -0.15) is 0 Å². The summed E-state index contributed by atoms with van der Waals surface area (Å²) in [6, 6.07) is 0. The number of thiazole rings is 1. The second kappa shape index (κ2) is 4.80. The Kier molecular flexibility index (Phi) is 3.49. The molecule has 1 fully saturated rings. The molecule has 2 rings (SSSR count). The van der Waals surface area contributed by atoms with Crippen molar-refractivity contribution >= 4 is 28.5 Å². The van der Waals surface area contributed by atoms with Gasteiger partial charge in [-0.25, -0.2) is 9.78 Å². The number of aromatic nitrogens is 1. The molecule has 0 radical (unpaired) electrons. The SMILES string of the molecule is CC(C)(C)OC(=O)Nc1nc([C@@H]2C[C@@H]2C(=O)O)cs1. The van der Waals surface area contributed by atoms with Gasteiger partial charge in [0.25, 0.3) is 0 Å². The Bertz CT molecular complexity index is 506. The molecule has 1 aromatic heterocycles. The van der Waals surface area contributed by atoms with Crippen LogP contribution in [0.1, 0.15) is 38.8 Å². The highest BCUT2D eigenvalue weighted by Gasteiger charge is 2.45. The lowest BCUT2D eigenvalue weighted by atomic mass is 10.2. The van der Waals surface area contributed by atoms with Gasteiger partial charge in [-0.15, -0.1) is 11.3 Å². The fourth-order valence-electron chi connectivity index (χ4n) is 1.70. The van der Waals surface area contributed by atoms with E-state index in [2.05, 4.69) is 10.3 Å². The first-order chi connectivity index (χ1) is 8.76. The molecule has 0 saturated heterocycles. The zero-order chi connectivity index (χ0) is 14.2. The van der Waals surface area contributed by atoms with Crippen molar-refractivity contribution in [1.29, 1.82) is 0 Å². The fourth-order valence-corrected chi connectivity index (χ4v) is 2.46. The van der Waals surface area contributed by atoms with Crippen LogP contribution in [-0.2, 0) is 9.53 Å². The van der Waals surface area contributed by atoms with E-state index >= 15 is 0 Å². The average Bonchev–Trinajstić information content (AvgIpc) is 2.91. The van der Waals surface area contributed by atoms with E-state index in [4.69, 9.17) is 9.84 Å². The number of carbonyl (C=O) groups excluding carboxylic acids is 1. The molecule has 1 saturated carbocycles. The highest BCUT2D eigenvalue weighted by Crippen LogP contribution is 2.47. The maximum atomic E-state index is 11.5. The number of amides is 1. The molecule has 1 heterocycles. The molecule has 0 bridgehead atoms. The number of nitrogens with one attached hydrogen (secondary N) is 1. The molecule has 1 aromatic rings. The highest BCUT2D eigenvalue weighted by molar-refractivity contribution is 7.13. The van der Waals surface area contributed by atoms with Crippen LogP contribution in [0, 0.1) is 5.92 Å². The molecule has 0 unspecified atom stereocenters. The van der Waals surface area contributed by atoms with Gasteiger partial charge in [0.05, 0.1) is 11.6 Å². The third-order valence-corrected chi connectivity index (χ3v) is 3.39. The summed E-state index contributed by atoms with van der Waals surface area (Å²) in [6.45, 7) is 5.34. The van der Waals surface area contributed by atoms with Crippen molar-refractivity contribution in [3.05, 3.63) is 11.1 Å². The Hall–Kier alpha value is -1.63. The van der Waals surface area contributed by atoms with E-state index in [0.717, 1.165) is 5.69 Å². The molecule has 2 atom stereocenters. The monoisotopic (exact) mass is 284 g/mol. The van der Waals surface area contributed by atoms with Gasteiger partial charge in [-0.3, -0.25) is 10.1 Å². The predicted octanol–water partition coefficient (Wildman–Crippen LogP) is 2.68. The van der Waals surface area contributed by atoms with Crippen molar-refractivity contribution in [2.45, 2.75) is 38.7 Å². The molecule has 19 heavy (non-hydrogen) atoms. The molecular weight excluding hydrogens is 268 g/mol. The summed E-state index contributed by atoms with van der Waals surface area (Å²) in [6.07, 6.45) is 0.0595. The molecule has 1 amide bonds. The summed E-state index contributed by atoms with van der Waals surface area (Å²) in [7, 11) is 0. The number of hydrogen-bond donors (Lipinski definition) is 2. The first-order valence-electron chi connectivity index (χ1n) is 5.94. The van der Waals surface area contributed by atoms with E-state index in [-0.39, 0.29) is 11.8 Å². The molecule has 104 valence electrons. The van der Waals surface area contributed by atoms with Crippen molar-refractivity contribution in [2.75, 3.05) is 5.32 Å². The summed E-state index contributed by atoms with van der Waals surface area (Å²) in [5.74, 6) is -1.15. The number of hydrogen-bond acceptors (Lipinski definition) is 5. The van der Waals surface area contributed by atoms with E-state index in [1.54, 1.807) is 26.2 Å². The molecule has 1 aliphatic rings. The minimum atomic E-state index is -0.792. The third-order valence-electron chi connectivity index (χ3n) is 2.62. The minimum absolute atomic E-state index is 0.0251. The molecule has 6 nitrogen and oxygen atoms in total. The van der Waals surface area contributed by atoms with Crippen LogP contribution in [0.5, 0.6) is 0 Å². The smallest absolute Gasteiger partial charge is 0.413 e. The van der Waals surface area contributed by atoms with Crippen LogP contribution >= 0.6 is 11.3 Å². The van der Waals surface area contributed by atoms with Gasteiger partial charge >= 0.3 is 12.1 Å². The Morgan fingerprint density at radius 3 is 2.74 bits per heavy atom. The summed E-state index contributed by atoms with van der Waals surface area (Å²) in [4.78, 5) is 26.5. The topological polar surface area (TPSA) is 88.5 Å². The Morgan fingerprint density at radius 2 is 2.21 bits per heavy atom. The normalized spacial score (nSPS) is 21.8. The number of anilines is 1. The van der Waals surface area contributed by atoms with E-state index in [9.17, 15) is 9.59 Å². The average molecular weight is 284 g/mol. The van der Waals surface area contributed by atoms with Crippen molar-refractivity contribution in [2.24, 2.45) is 5.92 Å². The number of carbonyl (C=O) groups is 2. The van der Waals surface area contributed by atoms with Gasteiger partial charge in [0, 0.05) is 11.3 Å². The number of ether oxygens (including phenoxy) is 1. The van der Waals surface area contributed by atoms with E-state index < -0.39 is 17.7 Å². The molecule has 2 N–H and O–H groups in total. The second-order valence-corrected chi connectivity index (χ2v) is 6.35. The Labute approximate surface area is 114 Å². The van der Waals surface area contributed by atoms with E-state index in [1.807, 2.05) is 0 Å². The summed E-state index contributed by atoms with van der Waals surface area (Å²) in [5.41, 5.74) is 0.165. The molecule has 0 aliphatic heterocycles. The van der Waals surface area contributed by atoms with Crippen LogP contribution in [-0.4, -0.2) is 27.8 Å². The zero-order valence-corrected chi connectivity index (χ0v) is 11.8. The van der Waals surface area contributed by atoms with E-state index in [0.29, 0.717) is 11.6 Å². The first kappa shape index (κ1) is 13.8. The molecule has 0 aromatic carbocycles. The predicted molar refractivity (Wildman–Crippen MR) is 70.5 cm³/mol. The fraction of sp³-hybridized carbons (Fsp3) is 0.583. The van der Waals surface area contributed by atoms with Gasteiger partial charge < -0.3 is 9.84 Å². The van der Waals surface area contributed by atoms with Gasteiger partial charge in [0.1, 0.15) is 5.60 Å². The molecule has 0 spiro atoms. The van der Waals surface area contributed by atoms with Crippen LogP contribution in [0.2, 0.25) is 0 Å². The third kappa shape index (κ3) is 3.66. The maximum Gasteiger partial charge on any atom is 0.413 e. The van der Waals surface area contributed by atoms with Crippen molar-refractivity contribution in [1.82, 2.24) is 4.98 Å². The second-order valence-electron chi connectivity index (χ2n) is 5.49. The van der Waals surface area contributed by atoms with Crippen LogP contribution in [0.3, 0.4) is 0 Å². The maximum absolute atomic E-state index is 11.5. The van der Waals surface area contributed by atoms with Gasteiger partial charge in [0.15, 0.2) is 5.13 Å². The summed E-state index contributed by atoms with van der Waals surface area (Å²) >= 11 is 1.27. The summed E-state index contributed by atoms with van der Waals surface area (Å²) < 4.78 is 5.11.